The lowest BCUT2D eigenvalue weighted by atomic mass is 10.2. The van der Waals surface area contributed by atoms with E-state index < -0.39 is 11.9 Å². The summed E-state index contributed by atoms with van der Waals surface area (Å²) in [5, 5.41) is 10.2. The number of urea groups is 1. The molecule has 0 spiro atoms. The second kappa shape index (κ2) is 5.90. The zero-order valence-electron chi connectivity index (χ0n) is 11.4. The third-order valence-electron chi connectivity index (χ3n) is 3.10. The smallest absolute Gasteiger partial charge is 0.307 e. The predicted molar refractivity (Wildman–Crippen MR) is 86.7 cm³/mol. The number of anilines is 1. The van der Waals surface area contributed by atoms with Crippen molar-refractivity contribution in [2.24, 2.45) is 0 Å². The molecule has 7 heteroatoms. The van der Waals surface area contributed by atoms with E-state index >= 15 is 0 Å². The molecule has 0 unspecified atom stereocenters. The van der Waals surface area contributed by atoms with Gasteiger partial charge in [0.25, 0.3) is 5.91 Å². The Morgan fingerprint density at radius 2 is 1.91 bits per heavy atom. The van der Waals surface area contributed by atoms with Crippen LogP contribution in [0.4, 0.5) is 10.5 Å². The predicted octanol–water partition coefficient (Wildman–Crippen LogP) is 3.08. The van der Waals surface area contributed by atoms with Crippen LogP contribution in [0.3, 0.4) is 0 Å². The molecule has 1 heterocycles. The van der Waals surface area contributed by atoms with Crippen LogP contribution in [0.1, 0.15) is 10.4 Å². The van der Waals surface area contributed by atoms with Gasteiger partial charge in [0.1, 0.15) is 0 Å². The molecule has 0 aliphatic rings. The minimum Gasteiger partial charge on any atom is -0.307 e. The van der Waals surface area contributed by atoms with E-state index in [2.05, 4.69) is 28.3 Å². The summed E-state index contributed by atoms with van der Waals surface area (Å²) in [7, 11) is 0. The van der Waals surface area contributed by atoms with Crippen molar-refractivity contribution in [2.75, 3.05) is 5.32 Å². The van der Waals surface area contributed by atoms with Crippen molar-refractivity contribution in [3.05, 3.63) is 60.3 Å². The quantitative estimate of drug-likeness (QED) is 0.636. The summed E-state index contributed by atoms with van der Waals surface area (Å²) in [6, 6.07) is 13.1. The van der Waals surface area contributed by atoms with Gasteiger partial charge in [-0.1, -0.05) is 31.0 Å². The van der Waals surface area contributed by atoms with Crippen LogP contribution in [-0.2, 0) is 0 Å². The highest BCUT2D eigenvalue weighted by Crippen LogP contribution is 2.18. The average Bonchev–Trinajstić information content (AvgIpc) is 3.02. The summed E-state index contributed by atoms with van der Waals surface area (Å²) in [5.74, 6) is -0.495. The van der Waals surface area contributed by atoms with Crippen molar-refractivity contribution in [1.29, 1.82) is 0 Å². The fraction of sp³-hybridized carbons (Fsp3) is 0. The van der Waals surface area contributed by atoms with Crippen LogP contribution < -0.4 is 5.32 Å². The Hall–Kier alpha value is -2.80. The van der Waals surface area contributed by atoms with Gasteiger partial charge in [-0.2, -0.15) is 5.10 Å². The molecule has 0 atom stereocenters. The summed E-state index contributed by atoms with van der Waals surface area (Å²) in [6.07, 6.45) is 1.65. The van der Waals surface area contributed by atoms with Crippen LogP contribution in [0.25, 0.3) is 10.9 Å². The molecule has 2 aromatic carbocycles. The molecule has 0 saturated heterocycles. The van der Waals surface area contributed by atoms with E-state index in [1.165, 1.54) is 0 Å². The normalized spacial score (nSPS) is 10.4. The number of benzene rings is 2. The fourth-order valence-electron chi connectivity index (χ4n) is 1.99. The average molecular weight is 312 g/mol. The van der Waals surface area contributed by atoms with E-state index in [9.17, 15) is 9.59 Å². The van der Waals surface area contributed by atoms with Crippen molar-refractivity contribution in [1.82, 2.24) is 14.5 Å². The summed E-state index contributed by atoms with van der Waals surface area (Å²) < 4.78 is 0.745. The van der Waals surface area contributed by atoms with E-state index in [0.717, 1.165) is 15.2 Å². The van der Waals surface area contributed by atoms with Crippen molar-refractivity contribution in [3.63, 3.8) is 0 Å². The van der Waals surface area contributed by atoms with E-state index in [4.69, 9.17) is 0 Å². The van der Waals surface area contributed by atoms with Gasteiger partial charge in [0.15, 0.2) is 0 Å². The fourth-order valence-corrected chi connectivity index (χ4v) is 2.16. The van der Waals surface area contributed by atoms with Crippen molar-refractivity contribution >= 4 is 41.3 Å². The van der Waals surface area contributed by atoms with E-state index in [1.807, 2.05) is 0 Å². The number of fused-ring (bicyclic) bond motifs is 1. The van der Waals surface area contributed by atoms with Gasteiger partial charge in [0.05, 0.1) is 11.7 Å². The molecule has 0 fully saturated rings. The largest absolute Gasteiger partial charge is 0.338 e. The van der Waals surface area contributed by atoms with Crippen LogP contribution >= 0.6 is 12.8 Å². The third-order valence-corrected chi connectivity index (χ3v) is 3.46. The summed E-state index contributed by atoms with van der Waals surface area (Å²) in [4.78, 5) is 24.2. The molecule has 0 bridgehead atoms. The molecule has 6 nitrogen and oxygen atoms in total. The van der Waals surface area contributed by atoms with Crippen LogP contribution in [0.15, 0.2) is 54.7 Å². The lowest BCUT2D eigenvalue weighted by Crippen LogP contribution is -2.32. The Kier molecular flexibility index (Phi) is 3.80. The summed E-state index contributed by atoms with van der Waals surface area (Å²) in [6.45, 7) is 0. The number of thiol groups is 1. The number of aromatic amines is 1. The van der Waals surface area contributed by atoms with Gasteiger partial charge >= 0.3 is 6.03 Å². The molecule has 0 radical (unpaired) electrons. The maximum Gasteiger partial charge on any atom is 0.338 e. The summed E-state index contributed by atoms with van der Waals surface area (Å²) in [5.41, 5.74) is 1.80. The second-order valence-corrected chi connectivity index (χ2v) is 4.99. The molecule has 0 aliphatic heterocycles. The Bertz CT molecular complexity index is 832. The van der Waals surface area contributed by atoms with Gasteiger partial charge in [-0.05, 0) is 30.3 Å². The Morgan fingerprint density at radius 1 is 1.14 bits per heavy atom. The topological polar surface area (TPSA) is 78.1 Å². The number of rotatable bonds is 2. The van der Waals surface area contributed by atoms with Gasteiger partial charge in [0, 0.05) is 16.6 Å². The van der Waals surface area contributed by atoms with E-state index in [1.54, 1.807) is 54.7 Å². The molecule has 22 heavy (non-hydrogen) atoms. The maximum absolute atomic E-state index is 12.1. The first kappa shape index (κ1) is 14.2. The number of carbonyl (C=O) groups excluding carboxylic acids is 2. The minimum atomic E-state index is -0.625. The molecule has 110 valence electrons. The number of amides is 3. The van der Waals surface area contributed by atoms with Crippen LogP contribution in [-0.4, -0.2) is 26.4 Å². The summed E-state index contributed by atoms with van der Waals surface area (Å²) >= 11 is 3.98. The van der Waals surface area contributed by atoms with Crippen molar-refractivity contribution in [2.45, 2.75) is 0 Å². The van der Waals surface area contributed by atoms with Gasteiger partial charge in [-0.3, -0.25) is 9.89 Å². The van der Waals surface area contributed by atoms with E-state index in [0.29, 0.717) is 11.3 Å². The number of imide groups is 1. The lowest BCUT2D eigenvalue weighted by molar-refractivity contribution is 0.0902. The van der Waals surface area contributed by atoms with Crippen LogP contribution in [0.5, 0.6) is 0 Å². The first-order valence-corrected chi connectivity index (χ1v) is 6.87. The third kappa shape index (κ3) is 2.79. The van der Waals surface area contributed by atoms with Gasteiger partial charge in [0.2, 0.25) is 0 Å². The zero-order chi connectivity index (χ0) is 15.5. The zero-order valence-corrected chi connectivity index (χ0v) is 12.2. The standard InChI is InChI=1S/C15H12N4O2S/c20-14(10-4-2-1-3-5-10)19(22)15(21)17-12-6-7-13-11(8-12)9-16-18-13/h1-9,22H,(H,16,18)(H,17,21). The molecule has 0 aliphatic carbocycles. The molecular weight excluding hydrogens is 300 g/mol. The van der Waals surface area contributed by atoms with E-state index in [-0.39, 0.29) is 0 Å². The highest BCUT2D eigenvalue weighted by molar-refractivity contribution is 7.79. The number of nitrogens with zero attached hydrogens (tertiary/aromatic N) is 2. The first-order chi connectivity index (χ1) is 10.6. The van der Waals surface area contributed by atoms with Crippen molar-refractivity contribution in [3.8, 4) is 0 Å². The van der Waals surface area contributed by atoms with Crippen LogP contribution in [0.2, 0.25) is 0 Å². The highest BCUT2D eigenvalue weighted by Gasteiger charge is 2.19. The van der Waals surface area contributed by atoms with Gasteiger partial charge in [-0.25, -0.2) is 9.10 Å². The number of hydrogen-bond donors (Lipinski definition) is 3. The highest BCUT2D eigenvalue weighted by atomic mass is 32.1. The number of H-pyrrole nitrogens is 1. The number of hydrogen-bond acceptors (Lipinski definition) is 4. The first-order valence-electron chi connectivity index (χ1n) is 6.47. The number of carbonyl (C=O) groups is 2. The van der Waals surface area contributed by atoms with Crippen molar-refractivity contribution < 1.29 is 9.59 Å². The molecule has 0 saturated carbocycles. The minimum absolute atomic E-state index is 0.387. The molecular formula is C15H12N4O2S. The second-order valence-electron chi connectivity index (χ2n) is 4.59. The molecule has 3 amide bonds. The monoisotopic (exact) mass is 312 g/mol. The number of aromatic nitrogens is 2. The Morgan fingerprint density at radius 3 is 2.68 bits per heavy atom. The molecule has 3 aromatic rings. The lowest BCUT2D eigenvalue weighted by Gasteiger charge is -2.15. The van der Waals surface area contributed by atoms with Gasteiger partial charge < -0.3 is 5.32 Å². The molecule has 3 rings (SSSR count). The Labute approximate surface area is 131 Å². The Balaban J connectivity index is 1.74. The van der Waals surface area contributed by atoms with Gasteiger partial charge in [-0.15, -0.1) is 0 Å². The molecule has 2 N–H and O–H groups in total. The number of nitrogens with one attached hydrogen (secondary N) is 2. The maximum atomic E-state index is 12.1. The SMILES string of the molecule is O=C(Nc1ccc2[nH]ncc2c1)N(S)C(=O)c1ccccc1. The van der Waals surface area contributed by atoms with Crippen LogP contribution in [0, 0.1) is 0 Å². The molecule has 1 aromatic heterocycles.